The van der Waals surface area contributed by atoms with Gasteiger partial charge < -0.3 is 4.98 Å². The van der Waals surface area contributed by atoms with Gasteiger partial charge >= 0.3 is 0 Å². The molecule has 1 aromatic rings. The lowest BCUT2D eigenvalue weighted by Crippen LogP contribution is -2.42. The highest BCUT2D eigenvalue weighted by Crippen LogP contribution is 1.82. The summed E-state index contributed by atoms with van der Waals surface area (Å²) in [5, 5.41) is 0.721. The Bertz CT molecular complexity index is 430. The van der Waals surface area contributed by atoms with E-state index < -0.39 is 0 Å². The van der Waals surface area contributed by atoms with Gasteiger partial charge in [0.25, 0.3) is 0 Å². The van der Waals surface area contributed by atoms with Crippen molar-refractivity contribution in [3.63, 3.8) is 0 Å². The van der Waals surface area contributed by atoms with Crippen LogP contribution < -0.4 is 16.1 Å². The van der Waals surface area contributed by atoms with Gasteiger partial charge in [0.1, 0.15) is 5.49 Å². The van der Waals surface area contributed by atoms with Crippen LogP contribution in [0.5, 0.6) is 0 Å². The zero-order valence-corrected chi connectivity index (χ0v) is 6.00. The fourth-order valence-corrected chi connectivity index (χ4v) is 1.19. The van der Waals surface area contributed by atoms with E-state index in [1.54, 1.807) is 6.20 Å². The quantitative estimate of drug-likeness (QED) is 0.513. The standard InChI is InChI=1S/C8H8N2O/c11-7-3-5-10-8-6(7)2-1-4-9-8/h2-3,5H,1,4H2,(H,9,10). The monoisotopic (exact) mass is 148 g/mol. The van der Waals surface area contributed by atoms with Gasteiger partial charge in [0.2, 0.25) is 0 Å². The summed E-state index contributed by atoms with van der Waals surface area (Å²) in [6.07, 6.45) is 4.44. The topological polar surface area (TPSA) is 45.2 Å². The van der Waals surface area contributed by atoms with Crippen molar-refractivity contribution < 1.29 is 0 Å². The molecule has 0 amide bonds. The number of aromatic amines is 1. The minimum absolute atomic E-state index is 0.0576. The average Bonchev–Trinajstić information content (AvgIpc) is 2.06. The summed E-state index contributed by atoms with van der Waals surface area (Å²) in [5.41, 5.74) is 0.783. The average molecular weight is 148 g/mol. The highest BCUT2D eigenvalue weighted by molar-refractivity contribution is 5.23. The molecule has 0 saturated carbocycles. The molecule has 0 aromatic carbocycles. The van der Waals surface area contributed by atoms with Gasteiger partial charge in [0, 0.05) is 18.8 Å². The maximum absolute atomic E-state index is 11.2. The summed E-state index contributed by atoms with van der Waals surface area (Å²) < 4.78 is 0. The second-order valence-electron chi connectivity index (χ2n) is 2.48. The summed E-state index contributed by atoms with van der Waals surface area (Å²) >= 11 is 0. The predicted octanol–water partition coefficient (Wildman–Crippen LogP) is -0.821. The Morgan fingerprint density at radius 1 is 1.55 bits per heavy atom. The van der Waals surface area contributed by atoms with E-state index in [1.165, 1.54) is 6.07 Å². The third-order valence-electron chi connectivity index (χ3n) is 1.72. The number of hydrogen-bond donors (Lipinski definition) is 1. The highest BCUT2D eigenvalue weighted by atomic mass is 16.1. The number of nitrogens with zero attached hydrogens (tertiary/aromatic N) is 1. The van der Waals surface area contributed by atoms with Crippen LogP contribution in [0.2, 0.25) is 0 Å². The molecule has 3 heteroatoms. The first-order chi connectivity index (χ1) is 5.38. The lowest BCUT2D eigenvalue weighted by Gasteiger charge is -1.96. The summed E-state index contributed by atoms with van der Waals surface area (Å²) in [7, 11) is 0. The minimum Gasteiger partial charge on any atom is -0.346 e. The first-order valence-corrected chi connectivity index (χ1v) is 3.60. The summed E-state index contributed by atoms with van der Waals surface area (Å²) in [4.78, 5) is 18.3. The molecule has 2 rings (SSSR count). The van der Waals surface area contributed by atoms with Crippen molar-refractivity contribution in [3.8, 4) is 0 Å². The molecule has 0 aliphatic carbocycles. The molecule has 1 aromatic heterocycles. The molecule has 0 radical (unpaired) electrons. The molecule has 0 saturated heterocycles. The Morgan fingerprint density at radius 2 is 2.45 bits per heavy atom. The smallest absolute Gasteiger partial charge is 0.190 e. The molecular formula is C8H8N2O. The van der Waals surface area contributed by atoms with Gasteiger partial charge in [-0.3, -0.25) is 9.79 Å². The molecule has 11 heavy (non-hydrogen) atoms. The van der Waals surface area contributed by atoms with Crippen LogP contribution in [0.1, 0.15) is 6.42 Å². The van der Waals surface area contributed by atoms with Gasteiger partial charge in [-0.25, -0.2) is 0 Å². The van der Waals surface area contributed by atoms with E-state index >= 15 is 0 Å². The molecule has 3 nitrogen and oxygen atoms in total. The first kappa shape index (κ1) is 6.34. The normalized spacial score (nSPS) is 14.5. The van der Waals surface area contributed by atoms with Crippen molar-refractivity contribution in [2.24, 2.45) is 4.99 Å². The number of nitrogens with one attached hydrogen (secondary N) is 1. The minimum atomic E-state index is 0.0576. The fraction of sp³-hybridized carbons (Fsp3) is 0.250. The van der Waals surface area contributed by atoms with Crippen molar-refractivity contribution in [1.82, 2.24) is 4.98 Å². The number of H-pyrrole nitrogens is 1. The molecular weight excluding hydrogens is 140 g/mol. The predicted molar refractivity (Wildman–Crippen MR) is 41.8 cm³/mol. The van der Waals surface area contributed by atoms with Gasteiger partial charge in [-0.05, 0) is 6.42 Å². The van der Waals surface area contributed by atoms with Crippen LogP contribution in [0.25, 0.3) is 6.08 Å². The van der Waals surface area contributed by atoms with Crippen molar-refractivity contribution in [1.29, 1.82) is 0 Å². The molecule has 1 N–H and O–H groups in total. The molecule has 1 aliphatic rings. The second kappa shape index (κ2) is 2.34. The van der Waals surface area contributed by atoms with E-state index in [2.05, 4.69) is 9.98 Å². The lowest BCUT2D eigenvalue weighted by molar-refractivity contribution is 0.912. The van der Waals surface area contributed by atoms with Gasteiger partial charge in [-0.15, -0.1) is 0 Å². The maximum Gasteiger partial charge on any atom is 0.190 e. The van der Waals surface area contributed by atoms with Crippen molar-refractivity contribution in [2.75, 3.05) is 6.54 Å². The summed E-state index contributed by atoms with van der Waals surface area (Å²) in [6.45, 7) is 0.785. The molecule has 0 spiro atoms. The lowest BCUT2D eigenvalue weighted by atomic mass is 10.2. The third kappa shape index (κ3) is 0.981. The van der Waals surface area contributed by atoms with Crippen molar-refractivity contribution in [3.05, 3.63) is 33.2 Å². The third-order valence-corrected chi connectivity index (χ3v) is 1.72. The molecule has 2 heterocycles. The van der Waals surface area contributed by atoms with E-state index in [0.717, 1.165) is 23.7 Å². The van der Waals surface area contributed by atoms with E-state index in [-0.39, 0.29) is 5.43 Å². The summed E-state index contributed by atoms with van der Waals surface area (Å²) in [6, 6.07) is 1.52. The highest BCUT2D eigenvalue weighted by Gasteiger charge is 1.95. The molecule has 0 fully saturated rings. The Kier molecular flexibility index (Phi) is 1.35. The molecule has 1 aliphatic heterocycles. The van der Waals surface area contributed by atoms with Crippen LogP contribution in [0.4, 0.5) is 0 Å². The molecule has 56 valence electrons. The van der Waals surface area contributed by atoms with Gasteiger partial charge in [0.05, 0.1) is 5.22 Å². The van der Waals surface area contributed by atoms with E-state index in [9.17, 15) is 4.79 Å². The van der Waals surface area contributed by atoms with Crippen LogP contribution in [0, 0.1) is 0 Å². The first-order valence-electron chi connectivity index (χ1n) is 3.60. The van der Waals surface area contributed by atoms with Crippen molar-refractivity contribution in [2.45, 2.75) is 6.42 Å². The second-order valence-corrected chi connectivity index (χ2v) is 2.48. The van der Waals surface area contributed by atoms with Crippen LogP contribution in [-0.4, -0.2) is 11.5 Å². The Balaban J connectivity index is 3.00. The van der Waals surface area contributed by atoms with Gasteiger partial charge in [0.15, 0.2) is 5.43 Å². The van der Waals surface area contributed by atoms with Crippen LogP contribution in [0.3, 0.4) is 0 Å². The van der Waals surface area contributed by atoms with Gasteiger partial charge in [-0.1, -0.05) is 6.08 Å². The zero-order valence-electron chi connectivity index (χ0n) is 6.00. The number of hydrogen-bond acceptors (Lipinski definition) is 2. The molecule has 0 atom stereocenters. The zero-order chi connectivity index (χ0) is 7.68. The Morgan fingerprint density at radius 3 is 3.27 bits per heavy atom. The fourth-order valence-electron chi connectivity index (χ4n) is 1.19. The molecule has 0 bridgehead atoms. The number of fused-ring (bicyclic) bond motifs is 1. The largest absolute Gasteiger partial charge is 0.346 e. The molecule has 0 unspecified atom stereocenters. The number of aromatic nitrogens is 1. The van der Waals surface area contributed by atoms with Crippen LogP contribution in [0.15, 0.2) is 22.1 Å². The van der Waals surface area contributed by atoms with E-state index in [1.807, 2.05) is 6.08 Å². The van der Waals surface area contributed by atoms with Crippen molar-refractivity contribution >= 4 is 6.08 Å². The van der Waals surface area contributed by atoms with E-state index in [4.69, 9.17) is 0 Å². The Hall–Kier alpha value is -1.38. The summed E-state index contributed by atoms with van der Waals surface area (Å²) in [5.74, 6) is 0. The number of rotatable bonds is 0. The van der Waals surface area contributed by atoms with Crippen LogP contribution >= 0.6 is 0 Å². The van der Waals surface area contributed by atoms with Crippen LogP contribution in [-0.2, 0) is 0 Å². The Labute approximate surface area is 63.1 Å². The van der Waals surface area contributed by atoms with Gasteiger partial charge in [-0.2, -0.15) is 0 Å². The SMILES string of the molecule is O=c1cc[nH]c2c1=CCCN=2. The van der Waals surface area contributed by atoms with E-state index in [0.29, 0.717) is 0 Å². The number of pyridine rings is 1. The maximum atomic E-state index is 11.2.